The summed E-state index contributed by atoms with van der Waals surface area (Å²) in [5, 5.41) is 0.671. The molecule has 0 radical (unpaired) electrons. The van der Waals surface area contributed by atoms with Gasteiger partial charge in [0, 0.05) is 36.2 Å². The van der Waals surface area contributed by atoms with E-state index in [4.69, 9.17) is 46.4 Å². The van der Waals surface area contributed by atoms with Crippen LogP contribution < -0.4 is 8.61 Å². The maximum absolute atomic E-state index is 13.7. The van der Waals surface area contributed by atoms with Crippen LogP contribution in [0, 0.1) is 0 Å². The first-order valence-electron chi connectivity index (χ1n) is 14.4. The van der Waals surface area contributed by atoms with Crippen molar-refractivity contribution in [1.29, 1.82) is 0 Å². The van der Waals surface area contributed by atoms with Crippen LogP contribution in [0.1, 0.15) is 0 Å². The number of hydrogen-bond acceptors (Lipinski definition) is 6. The number of carbonyl (C=O) groups is 2. The third kappa shape index (κ3) is 7.85. The minimum Gasteiger partial charge on any atom is -0.338 e. The Morgan fingerprint density at radius 1 is 0.542 bits per heavy atom. The van der Waals surface area contributed by atoms with E-state index in [1.807, 2.05) is 0 Å². The number of sulfonamides is 2. The molecule has 0 aliphatic carbocycles. The van der Waals surface area contributed by atoms with E-state index in [0.29, 0.717) is 10.0 Å². The smallest absolute Gasteiger partial charge is 0.264 e. The van der Waals surface area contributed by atoms with Gasteiger partial charge in [-0.2, -0.15) is 0 Å². The highest BCUT2D eigenvalue weighted by Crippen LogP contribution is 2.34. The lowest BCUT2D eigenvalue weighted by Crippen LogP contribution is -2.55. The highest BCUT2D eigenvalue weighted by Gasteiger charge is 2.34. The van der Waals surface area contributed by atoms with E-state index >= 15 is 0 Å². The molecule has 1 heterocycles. The number of nitrogens with zero attached hydrogens (tertiary/aromatic N) is 4. The van der Waals surface area contributed by atoms with Crippen molar-refractivity contribution >= 4 is 89.6 Å². The van der Waals surface area contributed by atoms with Gasteiger partial charge in [-0.15, -0.1) is 0 Å². The molecule has 0 bridgehead atoms. The van der Waals surface area contributed by atoms with E-state index in [0.717, 1.165) is 8.61 Å². The Bertz CT molecular complexity index is 1880. The summed E-state index contributed by atoms with van der Waals surface area (Å²) in [5.74, 6) is -1.04. The first-order valence-corrected chi connectivity index (χ1v) is 18.8. The molecule has 0 N–H and O–H groups in total. The largest absolute Gasteiger partial charge is 0.338 e. The van der Waals surface area contributed by atoms with E-state index in [9.17, 15) is 26.4 Å². The van der Waals surface area contributed by atoms with Crippen molar-refractivity contribution in [2.75, 3.05) is 47.9 Å². The maximum Gasteiger partial charge on any atom is 0.264 e. The van der Waals surface area contributed by atoms with E-state index in [2.05, 4.69) is 0 Å². The molecule has 1 aliphatic heterocycles. The lowest BCUT2D eigenvalue weighted by atomic mass is 10.2. The summed E-state index contributed by atoms with van der Waals surface area (Å²) in [5.41, 5.74) is 0.153. The second-order valence-electron chi connectivity index (χ2n) is 10.6. The van der Waals surface area contributed by atoms with Crippen molar-refractivity contribution in [3.63, 3.8) is 0 Å². The van der Waals surface area contributed by atoms with Gasteiger partial charge < -0.3 is 9.80 Å². The van der Waals surface area contributed by atoms with Gasteiger partial charge >= 0.3 is 0 Å². The highest BCUT2D eigenvalue weighted by molar-refractivity contribution is 7.93. The molecule has 0 aromatic heterocycles. The predicted octanol–water partition coefficient (Wildman–Crippen LogP) is 6.06. The van der Waals surface area contributed by atoms with Crippen LogP contribution in [0.4, 0.5) is 11.4 Å². The van der Waals surface area contributed by atoms with Gasteiger partial charge in [0.25, 0.3) is 20.0 Å². The van der Waals surface area contributed by atoms with Gasteiger partial charge in [-0.25, -0.2) is 16.8 Å². The maximum atomic E-state index is 13.7. The van der Waals surface area contributed by atoms with E-state index < -0.39 is 45.0 Å². The zero-order chi connectivity index (χ0) is 34.6. The van der Waals surface area contributed by atoms with Gasteiger partial charge in [-0.1, -0.05) is 82.8 Å². The number of rotatable bonds is 10. The molecular formula is C32H28Cl4N4O6S2. The molecule has 1 fully saturated rings. The Balaban J connectivity index is 1.33. The first kappa shape index (κ1) is 35.8. The molecule has 2 amide bonds. The van der Waals surface area contributed by atoms with Crippen molar-refractivity contribution in [2.24, 2.45) is 0 Å². The normalized spacial score (nSPS) is 13.7. The van der Waals surface area contributed by atoms with Gasteiger partial charge in [-0.05, 0) is 60.7 Å². The van der Waals surface area contributed by atoms with Crippen LogP contribution in [0.5, 0.6) is 0 Å². The number of hydrogen-bond donors (Lipinski definition) is 0. The molecule has 10 nitrogen and oxygen atoms in total. The molecule has 48 heavy (non-hydrogen) atoms. The van der Waals surface area contributed by atoms with Crippen LogP contribution in [-0.2, 0) is 29.6 Å². The van der Waals surface area contributed by atoms with Crippen molar-refractivity contribution in [3.8, 4) is 0 Å². The fourth-order valence-electron chi connectivity index (χ4n) is 5.06. The van der Waals surface area contributed by atoms with Crippen molar-refractivity contribution in [3.05, 3.63) is 117 Å². The molecule has 4 aromatic carbocycles. The first-order chi connectivity index (χ1) is 22.8. The minimum absolute atomic E-state index is 0.0324. The van der Waals surface area contributed by atoms with E-state index in [1.165, 1.54) is 70.5 Å². The van der Waals surface area contributed by atoms with Crippen LogP contribution in [0.25, 0.3) is 0 Å². The van der Waals surface area contributed by atoms with Crippen molar-refractivity contribution in [2.45, 2.75) is 9.79 Å². The van der Waals surface area contributed by atoms with Crippen LogP contribution >= 0.6 is 46.4 Å². The van der Waals surface area contributed by atoms with Crippen molar-refractivity contribution in [1.82, 2.24) is 9.80 Å². The molecular weight excluding hydrogens is 742 g/mol. The zero-order valence-electron chi connectivity index (χ0n) is 25.0. The third-order valence-electron chi connectivity index (χ3n) is 7.56. The molecule has 5 rings (SSSR count). The summed E-state index contributed by atoms with van der Waals surface area (Å²) < 4.78 is 56.7. The monoisotopic (exact) mass is 768 g/mol. The summed E-state index contributed by atoms with van der Waals surface area (Å²) in [6.45, 7) is -0.831. The fourth-order valence-corrected chi connectivity index (χ4v) is 9.09. The van der Waals surface area contributed by atoms with Gasteiger partial charge in [0.1, 0.15) is 13.1 Å². The number of carbonyl (C=O) groups excluding carboxylic acids is 2. The Morgan fingerprint density at radius 2 is 0.875 bits per heavy atom. The predicted molar refractivity (Wildman–Crippen MR) is 188 cm³/mol. The lowest BCUT2D eigenvalue weighted by molar-refractivity contribution is -0.137. The zero-order valence-corrected chi connectivity index (χ0v) is 29.7. The van der Waals surface area contributed by atoms with Gasteiger partial charge in [0.15, 0.2) is 0 Å². The number of anilines is 2. The molecule has 0 unspecified atom stereocenters. The molecule has 16 heteroatoms. The minimum atomic E-state index is -4.22. The second kappa shape index (κ2) is 14.9. The van der Waals surface area contributed by atoms with Crippen molar-refractivity contribution < 1.29 is 26.4 Å². The van der Waals surface area contributed by atoms with E-state index in [1.54, 1.807) is 36.4 Å². The Morgan fingerprint density at radius 3 is 1.19 bits per heavy atom. The summed E-state index contributed by atoms with van der Waals surface area (Å²) in [6, 6.07) is 23.9. The molecule has 0 atom stereocenters. The fraction of sp³-hybridized carbons (Fsp3) is 0.188. The van der Waals surface area contributed by atoms with Crippen LogP contribution in [0.2, 0.25) is 20.1 Å². The van der Waals surface area contributed by atoms with Crippen LogP contribution in [0.15, 0.2) is 107 Å². The van der Waals surface area contributed by atoms with Gasteiger partial charge in [0.05, 0.1) is 31.2 Å². The Kier molecular flexibility index (Phi) is 11.1. The Hall–Kier alpha value is -3.52. The standard InChI is InChI=1S/C32H28Cl4N4O6S2/c33-23-11-13-29(27(35)19-23)39(47(43,44)25-7-3-1-4-8-25)21-31(41)37-15-17-38(18-16-37)32(42)22-40(30-14-12-24(34)20-28(30)36)48(45,46)26-9-5-2-6-10-26/h1-14,19-20H,15-18,21-22H2. The SMILES string of the molecule is O=C(CN(c1ccc(Cl)cc1Cl)S(=O)(=O)c1ccccc1)N1CCN(C(=O)CN(c2ccc(Cl)cc2Cl)S(=O)(=O)c2ccccc2)CC1. The quantitative estimate of drug-likeness (QED) is 0.194. The highest BCUT2D eigenvalue weighted by atomic mass is 35.5. The van der Waals surface area contributed by atoms with E-state index in [-0.39, 0.29) is 57.4 Å². The van der Waals surface area contributed by atoms with Gasteiger partial charge in [0.2, 0.25) is 11.8 Å². The third-order valence-corrected chi connectivity index (χ3v) is 12.2. The molecule has 1 saturated heterocycles. The number of piperazine rings is 1. The molecule has 1 aliphatic rings. The second-order valence-corrected chi connectivity index (χ2v) is 16.0. The number of benzene rings is 4. The van der Waals surface area contributed by atoms with Crippen LogP contribution in [0.3, 0.4) is 0 Å². The summed E-state index contributed by atoms with van der Waals surface area (Å²) in [4.78, 5) is 29.9. The molecule has 4 aromatic rings. The average molecular weight is 771 g/mol. The molecule has 252 valence electrons. The lowest BCUT2D eigenvalue weighted by Gasteiger charge is -2.37. The molecule has 0 spiro atoms. The molecule has 0 saturated carbocycles. The van der Waals surface area contributed by atoms with Gasteiger partial charge in [-0.3, -0.25) is 18.2 Å². The Labute approximate surface area is 299 Å². The number of halogens is 4. The summed E-state index contributed by atoms with van der Waals surface area (Å²) in [7, 11) is -8.44. The van der Waals surface area contributed by atoms with Crippen LogP contribution in [-0.4, -0.2) is 77.7 Å². The summed E-state index contributed by atoms with van der Waals surface area (Å²) >= 11 is 24.9. The average Bonchev–Trinajstić information content (AvgIpc) is 3.07. The summed E-state index contributed by atoms with van der Waals surface area (Å²) in [6.07, 6.45) is 0. The topological polar surface area (TPSA) is 115 Å². The number of amides is 2.